The van der Waals surface area contributed by atoms with Gasteiger partial charge in [-0.2, -0.15) is 0 Å². The summed E-state index contributed by atoms with van der Waals surface area (Å²) in [7, 11) is 0. The topological polar surface area (TPSA) is 37.3 Å². The third-order valence-electron chi connectivity index (χ3n) is 1.49. The fourth-order valence-electron chi connectivity index (χ4n) is 0.880. The summed E-state index contributed by atoms with van der Waals surface area (Å²) in [5, 5.41) is 8.27. The van der Waals surface area contributed by atoms with Crippen LogP contribution < -0.4 is 0 Å². The molecule has 0 bridgehead atoms. The largest absolute Gasteiger partial charge is 0.481 e. The molecule has 0 aliphatic carbocycles. The van der Waals surface area contributed by atoms with E-state index in [-0.39, 0.29) is 36.9 Å². The average Bonchev–Trinajstić information content (AvgIpc) is 1.87. The number of unbranched alkanes of at least 4 members (excludes halogenated alkanes) is 4. The predicted octanol–water partition coefficient (Wildman–Crippen LogP) is 2.43. The van der Waals surface area contributed by atoms with Gasteiger partial charge in [-0.05, 0) is 6.42 Å². The minimum atomic E-state index is -0.670. The van der Waals surface area contributed by atoms with E-state index in [2.05, 4.69) is 6.92 Å². The second-order valence-electron chi connectivity index (χ2n) is 2.56. The zero-order valence-corrected chi connectivity index (χ0v) is 8.65. The second-order valence-corrected chi connectivity index (χ2v) is 2.56. The maximum atomic E-state index is 10.0. The van der Waals surface area contributed by atoms with E-state index >= 15 is 0 Å². The van der Waals surface area contributed by atoms with Crippen LogP contribution in [0.2, 0.25) is 0 Å². The standard InChI is InChI=1S/C8H16O2.Tm/c1-2-3-4-5-6-7-8(9)10;/h2-7H2,1H3,(H,9,10);. The van der Waals surface area contributed by atoms with Crippen LogP contribution in [0.25, 0.3) is 0 Å². The molecule has 1 radical (unpaired) electrons. The molecule has 0 unspecified atom stereocenters. The van der Waals surface area contributed by atoms with Crippen molar-refractivity contribution in [3.8, 4) is 0 Å². The van der Waals surface area contributed by atoms with E-state index in [1.807, 2.05) is 0 Å². The van der Waals surface area contributed by atoms with E-state index in [9.17, 15) is 4.79 Å². The molecule has 11 heavy (non-hydrogen) atoms. The third-order valence-corrected chi connectivity index (χ3v) is 1.49. The van der Waals surface area contributed by atoms with E-state index in [1.54, 1.807) is 0 Å². The number of rotatable bonds is 6. The molecule has 2 nitrogen and oxygen atoms in total. The molecule has 0 fully saturated rings. The summed E-state index contributed by atoms with van der Waals surface area (Å²) in [6.07, 6.45) is 5.88. The quantitative estimate of drug-likeness (QED) is 0.765. The molecule has 0 saturated carbocycles. The third kappa shape index (κ3) is 13.7. The molecule has 0 aliphatic heterocycles. The maximum absolute atomic E-state index is 10.0. The van der Waals surface area contributed by atoms with Crippen LogP contribution in [0.3, 0.4) is 0 Å². The van der Waals surface area contributed by atoms with Gasteiger partial charge < -0.3 is 5.11 Å². The van der Waals surface area contributed by atoms with Crippen LogP contribution in [0.5, 0.6) is 0 Å². The molecule has 0 aromatic heterocycles. The Hall–Kier alpha value is 0.704. The Morgan fingerprint density at radius 3 is 2.18 bits per heavy atom. The molecule has 0 aliphatic rings. The number of aliphatic carboxylic acids is 1. The molecular formula is C8H16O2Tm. The molecule has 0 spiro atoms. The molecule has 73 valence electrons. The number of hydrogen-bond donors (Lipinski definition) is 1. The number of hydrogen-bond acceptors (Lipinski definition) is 1. The van der Waals surface area contributed by atoms with Gasteiger partial charge in [-0.3, -0.25) is 4.79 Å². The normalized spacial score (nSPS) is 8.82. The first-order valence-corrected chi connectivity index (χ1v) is 3.99. The van der Waals surface area contributed by atoms with Crippen molar-refractivity contribution < 1.29 is 46.8 Å². The van der Waals surface area contributed by atoms with Gasteiger partial charge in [0.15, 0.2) is 0 Å². The van der Waals surface area contributed by atoms with E-state index < -0.39 is 5.97 Å². The van der Waals surface area contributed by atoms with E-state index in [4.69, 9.17) is 5.11 Å². The van der Waals surface area contributed by atoms with Crippen molar-refractivity contribution in [2.45, 2.75) is 45.4 Å². The van der Waals surface area contributed by atoms with Crippen LogP contribution in [-0.4, -0.2) is 11.1 Å². The van der Waals surface area contributed by atoms with Crippen LogP contribution in [0.1, 0.15) is 45.4 Å². The Morgan fingerprint density at radius 2 is 1.73 bits per heavy atom. The predicted molar refractivity (Wildman–Crippen MR) is 41.0 cm³/mol. The van der Waals surface area contributed by atoms with Crippen molar-refractivity contribution in [3.63, 3.8) is 0 Å². The Kier molecular flexibility index (Phi) is 13.9. The summed E-state index contributed by atoms with van der Waals surface area (Å²) < 4.78 is 0. The summed E-state index contributed by atoms with van der Waals surface area (Å²) in [6.45, 7) is 2.15. The maximum Gasteiger partial charge on any atom is 0.303 e. The molecule has 3 heteroatoms. The molecular weight excluding hydrogens is 297 g/mol. The summed E-state index contributed by atoms with van der Waals surface area (Å²) in [5.74, 6) is -0.670. The zero-order chi connectivity index (χ0) is 7.82. The molecule has 1 N–H and O–H groups in total. The van der Waals surface area contributed by atoms with Gasteiger partial charge in [-0.25, -0.2) is 0 Å². The minimum absolute atomic E-state index is 0. The second kappa shape index (κ2) is 10.7. The minimum Gasteiger partial charge on any atom is -0.481 e. The number of carboxylic acids is 1. The van der Waals surface area contributed by atoms with Crippen LogP contribution >= 0.6 is 0 Å². The Morgan fingerprint density at radius 1 is 1.18 bits per heavy atom. The van der Waals surface area contributed by atoms with Crippen molar-refractivity contribution in [1.29, 1.82) is 0 Å². The first kappa shape index (κ1) is 14.2. The number of carboxylic acid groups (broad SMARTS) is 1. The average molecular weight is 313 g/mol. The van der Waals surface area contributed by atoms with Crippen LogP contribution in [0.15, 0.2) is 0 Å². The Bertz CT molecular complexity index is 94.1. The van der Waals surface area contributed by atoms with E-state index in [0.29, 0.717) is 6.42 Å². The molecule has 0 saturated heterocycles. The Balaban J connectivity index is 0. The fourth-order valence-corrected chi connectivity index (χ4v) is 0.880. The van der Waals surface area contributed by atoms with Crippen molar-refractivity contribution in [2.24, 2.45) is 0 Å². The smallest absolute Gasteiger partial charge is 0.303 e. The van der Waals surface area contributed by atoms with Gasteiger partial charge in [0.05, 0.1) is 0 Å². The van der Waals surface area contributed by atoms with Gasteiger partial charge in [0.2, 0.25) is 0 Å². The summed E-state index contributed by atoms with van der Waals surface area (Å²) in [5.41, 5.74) is 0. The van der Waals surface area contributed by atoms with Crippen LogP contribution in [-0.2, 0) is 4.79 Å². The SMILES string of the molecule is CCCCCCCC(=O)O.[Tm]. The first-order valence-electron chi connectivity index (χ1n) is 3.99. The molecule has 0 heterocycles. The van der Waals surface area contributed by atoms with Crippen molar-refractivity contribution in [1.82, 2.24) is 0 Å². The summed E-state index contributed by atoms with van der Waals surface area (Å²) in [6, 6.07) is 0. The number of carbonyl (C=O) groups is 1. The van der Waals surface area contributed by atoms with Crippen LogP contribution in [0, 0.1) is 36.9 Å². The Labute approximate surface area is 97.6 Å². The first-order chi connectivity index (χ1) is 4.77. The van der Waals surface area contributed by atoms with Gasteiger partial charge in [0.25, 0.3) is 0 Å². The summed E-state index contributed by atoms with van der Waals surface area (Å²) in [4.78, 5) is 10.0. The van der Waals surface area contributed by atoms with Crippen molar-refractivity contribution in [3.05, 3.63) is 0 Å². The van der Waals surface area contributed by atoms with Crippen LogP contribution in [0.4, 0.5) is 0 Å². The van der Waals surface area contributed by atoms with Crippen molar-refractivity contribution in [2.75, 3.05) is 0 Å². The zero-order valence-electron chi connectivity index (χ0n) is 6.88. The molecule has 0 aromatic rings. The van der Waals surface area contributed by atoms with Gasteiger partial charge >= 0.3 is 5.97 Å². The van der Waals surface area contributed by atoms with Gasteiger partial charge in [-0.1, -0.05) is 32.6 Å². The van der Waals surface area contributed by atoms with Gasteiger partial charge in [0.1, 0.15) is 0 Å². The monoisotopic (exact) mass is 313 g/mol. The van der Waals surface area contributed by atoms with E-state index in [1.165, 1.54) is 19.3 Å². The van der Waals surface area contributed by atoms with E-state index in [0.717, 1.165) is 12.8 Å². The molecule has 0 aromatic carbocycles. The van der Waals surface area contributed by atoms with Gasteiger partial charge in [-0.15, -0.1) is 0 Å². The molecule has 0 atom stereocenters. The summed E-state index contributed by atoms with van der Waals surface area (Å²) >= 11 is 0. The molecule has 0 amide bonds. The fraction of sp³-hybridized carbons (Fsp3) is 0.875. The molecule has 0 rings (SSSR count). The van der Waals surface area contributed by atoms with Gasteiger partial charge in [0, 0.05) is 43.3 Å². The van der Waals surface area contributed by atoms with Crippen molar-refractivity contribution >= 4 is 5.97 Å².